The minimum atomic E-state index is -1.55. The largest absolute Gasteiger partial charge is 0.477 e. The van der Waals surface area contributed by atoms with Gasteiger partial charge in [0.05, 0.1) is 11.2 Å². The molecule has 0 saturated carbocycles. The molecule has 1 saturated heterocycles. The quantitative estimate of drug-likeness (QED) is 0.0551. The Bertz CT molecular complexity index is 1630. The number of methoxy groups -OCH3 is 1. The number of nitrogens with zero attached hydrogens (tertiary/aromatic N) is 6. The number of thioether (sulfide) groups is 2. The molecule has 0 spiro atoms. The van der Waals surface area contributed by atoms with Crippen LogP contribution in [0.25, 0.3) is 0 Å². The number of carboxylic acids is 1. The number of nitrogen functional groups attached to an aromatic ring is 1. The predicted molar refractivity (Wildman–Crippen MR) is 185 cm³/mol. The van der Waals surface area contributed by atoms with Gasteiger partial charge < -0.3 is 25.7 Å². The maximum absolute atomic E-state index is 13.4. The van der Waals surface area contributed by atoms with Crippen molar-refractivity contribution in [2.45, 2.75) is 37.8 Å². The number of nitrogens with one attached hydrogen (secondary N) is 3. The Kier molecular flexibility index (Phi) is 12.8. The Balaban J connectivity index is 0.00000312. The second-order valence-corrected chi connectivity index (χ2v) is 13.5. The van der Waals surface area contributed by atoms with Gasteiger partial charge in [-0.3, -0.25) is 29.7 Å². The molecule has 3 amide bonds. The number of hydrogen-bond donors (Lipinski definition) is 6. The summed E-state index contributed by atoms with van der Waals surface area (Å²) in [7, 11) is 1.57. The van der Waals surface area contributed by atoms with Gasteiger partial charge in [0.15, 0.2) is 16.7 Å². The summed E-state index contributed by atoms with van der Waals surface area (Å²) in [5, 5.41) is 21.8. The van der Waals surface area contributed by atoms with E-state index in [9.17, 15) is 24.3 Å². The van der Waals surface area contributed by atoms with Crippen molar-refractivity contribution in [3.8, 4) is 0 Å². The molecule has 0 aliphatic carbocycles. The summed E-state index contributed by atoms with van der Waals surface area (Å²) in [4.78, 5) is 66.3. The molecule has 18 nitrogen and oxygen atoms in total. The Morgan fingerprint density at radius 1 is 1.31 bits per heavy atom. The van der Waals surface area contributed by atoms with E-state index >= 15 is 0 Å². The third kappa shape index (κ3) is 7.83. The number of aliphatic imine (C=N–C) groups is 1. The average Bonchev–Trinajstić information content (AvgIpc) is 3.63. The maximum atomic E-state index is 13.4. The Hall–Kier alpha value is -3.57. The summed E-state index contributed by atoms with van der Waals surface area (Å²) in [6.07, 6.45) is 3.66. The molecule has 4 aliphatic heterocycles. The van der Waals surface area contributed by atoms with Crippen molar-refractivity contribution in [3.63, 3.8) is 0 Å². The summed E-state index contributed by atoms with van der Waals surface area (Å²) in [5.41, 5.74) is 10.2. The zero-order valence-corrected chi connectivity index (χ0v) is 29.9. The van der Waals surface area contributed by atoms with E-state index in [0.29, 0.717) is 17.1 Å². The molecule has 8 N–H and O–H groups in total. The standard InChI is InChI=1S/C25H31N11O7S3.2ClH/c1-11-5-15(36-14(28-11)6-34(33-36)10-42-4)44-7-12-8-45-21-17(20(38)35(21)18(12)22(39)40)30-19(37)16(13-9-46-24(26)29-13)32-43-25(2,3)23(41)31-27;;/h5-6,9,17,21,33H,7-8,10,27H2,1-4H3,(H2,26,29)(H,30,37)(H,31,41)(H,39,40);2*1H/b32-16-;;/t17?,21-;;/m1../s1. The first-order valence-electron chi connectivity index (χ1n) is 13.5. The van der Waals surface area contributed by atoms with Gasteiger partial charge in [0.2, 0.25) is 5.60 Å². The van der Waals surface area contributed by atoms with Crippen LogP contribution in [0.4, 0.5) is 5.13 Å². The maximum Gasteiger partial charge on any atom is 0.352 e. The van der Waals surface area contributed by atoms with Crippen LogP contribution in [0.15, 0.2) is 49.9 Å². The number of aliphatic carboxylic acids is 1. The molecule has 4 aliphatic rings. The van der Waals surface area contributed by atoms with Crippen LogP contribution < -0.4 is 27.9 Å². The van der Waals surface area contributed by atoms with Crippen molar-refractivity contribution in [1.82, 2.24) is 36.2 Å². The number of carbonyl (C=O) groups excluding carboxylic acids is 3. The summed E-state index contributed by atoms with van der Waals surface area (Å²) >= 11 is 3.76. The van der Waals surface area contributed by atoms with Gasteiger partial charge >= 0.3 is 5.97 Å². The molecule has 5 rings (SSSR count). The van der Waals surface area contributed by atoms with E-state index < -0.39 is 40.7 Å². The molecule has 1 fully saturated rings. The highest BCUT2D eigenvalue weighted by Crippen LogP contribution is 2.42. The second kappa shape index (κ2) is 15.8. The highest BCUT2D eigenvalue weighted by molar-refractivity contribution is 8.03. The molecular weight excluding hydrogens is 733 g/mol. The van der Waals surface area contributed by atoms with E-state index in [4.69, 9.17) is 21.2 Å². The van der Waals surface area contributed by atoms with Gasteiger partial charge in [-0.1, -0.05) is 5.16 Å². The number of carboxylic acid groups (broad SMARTS) is 1. The first-order valence-corrected chi connectivity index (χ1v) is 16.4. The molecular formula is C25H33Cl2N11O7S3. The van der Waals surface area contributed by atoms with Crippen LogP contribution in [-0.2, 0) is 28.8 Å². The zero-order valence-electron chi connectivity index (χ0n) is 25.8. The number of aromatic nitrogens is 1. The molecule has 5 heterocycles. The van der Waals surface area contributed by atoms with Crippen LogP contribution in [0.3, 0.4) is 0 Å². The van der Waals surface area contributed by atoms with Crippen LogP contribution in [0.5, 0.6) is 0 Å². The number of halogens is 2. The number of oxime groups is 1. The van der Waals surface area contributed by atoms with E-state index in [1.165, 1.54) is 47.7 Å². The fourth-order valence-corrected chi connectivity index (χ4v) is 7.66. The molecule has 262 valence electrons. The van der Waals surface area contributed by atoms with Crippen molar-refractivity contribution in [2.75, 3.05) is 31.1 Å². The van der Waals surface area contributed by atoms with Crippen LogP contribution in [0.1, 0.15) is 26.5 Å². The van der Waals surface area contributed by atoms with Gasteiger partial charge in [-0.05, 0) is 32.4 Å². The van der Waals surface area contributed by atoms with Crippen molar-refractivity contribution in [2.24, 2.45) is 16.0 Å². The number of β-lactam (4-membered cyclic amide) rings is 1. The molecule has 1 aromatic rings. The summed E-state index contributed by atoms with van der Waals surface area (Å²) in [6, 6.07) is -1.06. The molecule has 48 heavy (non-hydrogen) atoms. The Morgan fingerprint density at radius 2 is 2.04 bits per heavy atom. The van der Waals surface area contributed by atoms with Crippen LogP contribution >= 0.6 is 59.7 Å². The van der Waals surface area contributed by atoms with E-state index in [2.05, 4.69) is 26.0 Å². The lowest BCUT2D eigenvalue weighted by Crippen LogP contribution is -2.71. The fraction of sp³-hybridized carbons (Fsp3) is 0.400. The topological polar surface area (TPSA) is 242 Å². The van der Waals surface area contributed by atoms with Crippen LogP contribution in [0, 0.1) is 0 Å². The first kappa shape index (κ1) is 38.9. The van der Waals surface area contributed by atoms with Gasteiger partial charge in [0.25, 0.3) is 17.7 Å². The van der Waals surface area contributed by atoms with E-state index in [1.807, 2.05) is 18.4 Å². The number of ether oxygens (including phenoxy) is 1. The number of amides is 3. The first-order chi connectivity index (χ1) is 21.8. The number of carbonyl (C=O) groups is 4. The molecule has 0 bridgehead atoms. The van der Waals surface area contributed by atoms with Crippen molar-refractivity contribution < 1.29 is 33.9 Å². The number of hydrogen-bond acceptors (Lipinski definition) is 17. The van der Waals surface area contributed by atoms with E-state index in [0.717, 1.165) is 22.1 Å². The fourth-order valence-electron chi connectivity index (χ4n) is 4.56. The molecule has 1 unspecified atom stereocenters. The summed E-state index contributed by atoms with van der Waals surface area (Å²) < 4.78 is 5.17. The lowest BCUT2D eigenvalue weighted by molar-refractivity contribution is -0.150. The second-order valence-electron chi connectivity index (χ2n) is 10.5. The molecule has 0 aromatic carbocycles. The Labute approximate surface area is 299 Å². The number of rotatable bonds is 12. The average molecular weight is 767 g/mol. The van der Waals surface area contributed by atoms with Gasteiger partial charge in [0, 0.05) is 29.7 Å². The number of allylic oxidation sites excluding steroid dienone is 1. The van der Waals surface area contributed by atoms with E-state index in [-0.39, 0.29) is 59.5 Å². The predicted octanol–water partition coefficient (Wildman–Crippen LogP) is 0.286. The normalized spacial score (nSPS) is 20.3. The van der Waals surface area contributed by atoms with Crippen molar-refractivity contribution in [3.05, 3.63) is 45.5 Å². The molecule has 0 radical (unpaired) electrons. The number of anilines is 1. The smallest absolute Gasteiger partial charge is 0.352 e. The minimum Gasteiger partial charge on any atom is -0.477 e. The highest BCUT2D eigenvalue weighted by Gasteiger charge is 2.54. The molecule has 1 aromatic heterocycles. The summed E-state index contributed by atoms with van der Waals surface area (Å²) in [6.45, 7) is 4.92. The van der Waals surface area contributed by atoms with Gasteiger partial charge in [-0.25, -0.2) is 25.6 Å². The van der Waals surface area contributed by atoms with Crippen molar-refractivity contribution in [1.29, 1.82) is 0 Å². The lowest BCUT2D eigenvalue weighted by Gasteiger charge is -2.49. The molecule has 23 heteroatoms. The number of thiazole rings is 1. The van der Waals surface area contributed by atoms with Gasteiger partial charge in [-0.2, -0.15) is 0 Å². The lowest BCUT2D eigenvalue weighted by atomic mass is 10.0. The minimum absolute atomic E-state index is 0. The molecule has 2 atom stereocenters. The van der Waals surface area contributed by atoms with Crippen LogP contribution in [0.2, 0.25) is 0 Å². The highest BCUT2D eigenvalue weighted by atomic mass is 35.5. The summed E-state index contributed by atoms with van der Waals surface area (Å²) in [5.74, 6) is 3.04. The zero-order chi connectivity index (χ0) is 33.3. The Morgan fingerprint density at radius 3 is 2.67 bits per heavy atom. The van der Waals surface area contributed by atoms with E-state index in [1.54, 1.807) is 23.3 Å². The SMILES string of the molecule is COCN1C=C2N=C(C)C=C(SCC3=C(C(=O)O)N4C(=O)C(NC(=O)/C(=N\OC(C)(C)C(=O)NN)c5csc(N)n5)[C@H]4SC3)N2N1.Cl.Cl. The third-order valence-corrected chi connectivity index (χ3v) is 9.90. The third-order valence-electron chi connectivity index (χ3n) is 6.79. The number of hydrazine groups is 3. The van der Waals surface area contributed by atoms with Gasteiger partial charge in [-0.15, -0.1) is 65.2 Å². The monoisotopic (exact) mass is 765 g/mol. The number of fused-ring (bicyclic) bond motifs is 2. The van der Waals surface area contributed by atoms with Crippen molar-refractivity contribution >= 4 is 99.9 Å². The van der Waals surface area contributed by atoms with Crippen LogP contribution in [-0.4, -0.2) is 102 Å². The van der Waals surface area contributed by atoms with Gasteiger partial charge in [0.1, 0.15) is 29.5 Å². The number of nitrogens with two attached hydrogens (primary N) is 2.